The van der Waals surface area contributed by atoms with Crippen molar-refractivity contribution in [1.82, 2.24) is 45.3 Å². The molecule has 5 rings (SSSR count). The Balaban J connectivity index is 1.44. The summed E-state index contributed by atoms with van der Waals surface area (Å²) in [5.41, 5.74) is -0.483. The summed E-state index contributed by atoms with van der Waals surface area (Å²) in [5, 5.41) is 16.4. The predicted molar refractivity (Wildman–Crippen MR) is 158 cm³/mol. The zero-order chi connectivity index (χ0) is 35.0. The third kappa shape index (κ3) is 7.74. The van der Waals surface area contributed by atoms with Crippen LogP contribution >= 0.6 is 34.8 Å². The van der Waals surface area contributed by atoms with E-state index in [4.69, 9.17) is 34.8 Å². The Hall–Kier alpha value is -4.61. The van der Waals surface area contributed by atoms with E-state index in [9.17, 15) is 35.9 Å². The standard InChI is InChI=1S/C28H18Cl3F6N9O2/c1-13-5-15(29)7-18(25(48)40-11-21-20(31)6-14(10-39-21)27(32,33)34)17(13)9-23(47)22-8-16(12-45-43-26(41-44-45)28(35,36)37)42-46(22)24-19(30)3-2-4-38-24/h2-8,10H,9,11-12H2,1H3,(H,40,48). The summed E-state index contributed by atoms with van der Waals surface area (Å²) in [4.78, 5) is 35.7. The number of carbonyl (C=O) groups excluding carboxylic acids is 2. The second-order valence-electron chi connectivity index (χ2n) is 10.1. The number of aryl methyl sites for hydroxylation is 1. The third-order valence-corrected chi connectivity index (χ3v) is 7.52. The highest BCUT2D eigenvalue weighted by Crippen LogP contribution is 2.31. The van der Waals surface area contributed by atoms with Crippen LogP contribution in [0.4, 0.5) is 26.3 Å². The lowest BCUT2D eigenvalue weighted by Crippen LogP contribution is -2.26. The van der Waals surface area contributed by atoms with Crippen molar-refractivity contribution >= 4 is 46.5 Å². The van der Waals surface area contributed by atoms with E-state index in [-0.39, 0.29) is 55.6 Å². The molecule has 5 aromatic rings. The van der Waals surface area contributed by atoms with Gasteiger partial charge in [-0.3, -0.25) is 14.6 Å². The molecule has 0 saturated carbocycles. The second kappa shape index (κ2) is 13.5. The van der Waals surface area contributed by atoms with Crippen LogP contribution in [0.1, 0.15) is 54.7 Å². The van der Waals surface area contributed by atoms with Gasteiger partial charge < -0.3 is 5.32 Å². The van der Waals surface area contributed by atoms with Gasteiger partial charge in [-0.15, -0.1) is 10.2 Å². The van der Waals surface area contributed by atoms with E-state index in [1.165, 1.54) is 36.5 Å². The van der Waals surface area contributed by atoms with Crippen molar-refractivity contribution in [3.8, 4) is 5.82 Å². The molecule has 0 fully saturated rings. The van der Waals surface area contributed by atoms with Gasteiger partial charge in [0.25, 0.3) is 11.7 Å². The van der Waals surface area contributed by atoms with Crippen LogP contribution < -0.4 is 5.32 Å². The maximum absolute atomic E-state index is 13.9. The normalized spacial score (nSPS) is 12.0. The van der Waals surface area contributed by atoms with Crippen molar-refractivity contribution < 1.29 is 35.9 Å². The number of aromatic nitrogens is 8. The van der Waals surface area contributed by atoms with Gasteiger partial charge in [-0.25, -0.2) is 9.67 Å². The molecule has 250 valence electrons. The van der Waals surface area contributed by atoms with E-state index >= 15 is 0 Å². The Morgan fingerprint density at radius 1 is 0.938 bits per heavy atom. The number of hydrogen-bond acceptors (Lipinski definition) is 8. The van der Waals surface area contributed by atoms with Crippen LogP contribution in [0.15, 0.2) is 48.8 Å². The highest BCUT2D eigenvalue weighted by molar-refractivity contribution is 6.32. The van der Waals surface area contributed by atoms with Gasteiger partial charge in [0.05, 0.1) is 33.5 Å². The molecule has 4 aromatic heterocycles. The first kappa shape index (κ1) is 34.7. The first-order chi connectivity index (χ1) is 22.5. The van der Waals surface area contributed by atoms with Crippen molar-refractivity contribution in [2.24, 2.45) is 0 Å². The number of nitrogens with one attached hydrogen (secondary N) is 1. The summed E-state index contributed by atoms with van der Waals surface area (Å²) in [6.45, 7) is 0.844. The van der Waals surface area contributed by atoms with Crippen molar-refractivity contribution in [3.63, 3.8) is 0 Å². The Morgan fingerprint density at radius 2 is 1.69 bits per heavy atom. The molecule has 1 aromatic carbocycles. The summed E-state index contributed by atoms with van der Waals surface area (Å²) in [7, 11) is 0. The summed E-state index contributed by atoms with van der Waals surface area (Å²) < 4.78 is 79.1. The Bertz CT molecular complexity index is 2030. The van der Waals surface area contributed by atoms with E-state index in [1.54, 1.807) is 6.92 Å². The highest BCUT2D eigenvalue weighted by Gasteiger charge is 2.37. The maximum atomic E-state index is 13.9. The smallest absolute Gasteiger partial charge is 0.346 e. The minimum atomic E-state index is -4.83. The van der Waals surface area contributed by atoms with Crippen LogP contribution in [0.2, 0.25) is 15.1 Å². The molecule has 0 aliphatic carbocycles. The van der Waals surface area contributed by atoms with Crippen molar-refractivity contribution in [2.75, 3.05) is 0 Å². The summed E-state index contributed by atoms with van der Waals surface area (Å²) in [5.74, 6) is -2.78. The average molecular weight is 733 g/mol. The van der Waals surface area contributed by atoms with Gasteiger partial charge in [-0.05, 0) is 59.7 Å². The van der Waals surface area contributed by atoms with Crippen LogP contribution in [0.5, 0.6) is 0 Å². The van der Waals surface area contributed by atoms with Crippen LogP contribution in [0, 0.1) is 6.92 Å². The number of Topliss-reactive ketones (excluding diaryl/α,β-unsaturated/α-hetero) is 1. The minimum absolute atomic E-state index is 0.0231. The van der Waals surface area contributed by atoms with Gasteiger partial charge in [-0.1, -0.05) is 34.8 Å². The molecule has 0 unspecified atom stereocenters. The highest BCUT2D eigenvalue weighted by atomic mass is 35.5. The number of ketones is 1. The van der Waals surface area contributed by atoms with Gasteiger partial charge >= 0.3 is 12.4 Å². The molecule has 0 saturated heterocycles. The minimum Gasteiger partial charge on any atom is -0.346 e. The molecule has 0 atom stereocenters. The maximum Gasteiger partial charge on any atom is 0.455 e. The van der Waals surface area contributed by atoms with Crippen molar-refractivity contribution in [2.45, 2.75) is 38.8 Å². The molecule has 4 heterocycles. The number of nitrogens with zero attached hydrogens (tertiary/aromatic N) is 8. The molecule has 0 radical (unpaired) electrons. The molecule has 48 heavy (non-hydrogen) atoms. The quantitative estimate of drug-likeness (QED) is 0.137. The second-order valence-corrected chi connectivity index (χ2v) is 11.3. The lowest BCUT2D eigenvalue weighted by atomic mass is 9.95. The van der Waals surface area contributed by atoms with Crippen LogP contribution in [0.25, 0.3) is 5.82 Å². The number of halogens is 9. The molecule has 0 spiro atoms. The summed E-state index contributed by atoms with van der Waals surface area (Å²) in [6, 6.07) is 7.81. The first-order valence-electron chi connectivity index (χ1n) is 13.4. The van der Waals surface area contributed by atoms with Gasteiger partial charge in [-0.2, -0.15) is 36.2 Å². The zero-order valence-electron chi connectivity index (χ0n) is 24.0. The molecule has 0 aliphatic heterocycles. The number of benzene rings is 1. The zero-order valence-corrected chi connectivity index (χ0v) is 26.3. The Morgan fingerprint density at radius 3 is 2.33 bits per heavy atom. The third-order valence-electron chi connectivity index (χ3n) is 6.68. The van der Waals surface area contributed by atoms with Gasteiger partial charge in [0, 0.05) is 29.4 Å². The van der Waals surface area contributed by atoms with Crippen LogP contribution in [0.3, 0.4) is 0 Å². The summed E-state index contributed by atoms with van der Waals surface area (Å²) in [6.07, 6.45) is -7.93. The number of hydrogen-bond donors (Lipinski definition) is 1. The first-order valence-corrected chi connectivity index (χ1v) is 14.5. The fourth-order valence-electron chi connectivity index (χ4n) is 4.44. The van der Waals surface area contributed by atoms with E-state index in [2.05, 4.69) is 35.8 Å². The van der Waals surface area contributed by atoms with E-state index in [0.717, 1.165) is 4.68 Å². The molecule has 1 amide bonds. The number of alkyl halides is 6. The molecule has 20 heteroatoms. The van der Waals surface area contributed by atoms with Crippen LogP contribution in [-0.4, -0.2) is 51.6 Å². The Labute approximate surface area is 280 Å². The van der Waals surface area contributed by atoms with Gasteiger partial charge in [0.2, 0.25) is 0 Å². The van der Waals surface area contributed by atoms with Crippen LogP contribution in [-0.2, 0) is 31.9 Å². The number of rotatable bonds is 9. The SMILES string of the molecule is Cc1cc(Cl)cc(C(=O)NCc2ncc(C(F)(F)F)cc2Cl)c1CC(=O)c1cc(Cn2nnc(C(F)(F)F)n2)nn1-c1ncccc1Cl. The van der Waals surface area contributed by atoms with E-state index in [1.807, 2.05) is 0 Å². The molecular formula is C28H18Cl3F6N9O2. The van der Waals surface area contributed by atoms with Gasteiger partial charge in [0.1, 0.15) is 12.2 Å². The molecular weight excluding hydrogens is 715 g/mol. The lowest BCUT2D eigenvalue weighted by Gasteiger charge is -2.15. The molecule has 1 N–H and O–H groups in total. The molecule has 0 bridgehead atoms. The Kier molecular flexibility index (Phi) is 9.75. The molecule has 11 nitrogen and oxygen atoms in total. The fourth-order valence-corrected chi connectivity index (χ4v) is 5.15. The van der Waals surface area contributed by atoms with E-state index < -0.39 is 48.4 Å². The lowest BCUT2D eigenvalue weighted by molar-refractivity contribution is -0.145. The number of tetrazole rings is 1. The van der Waals surface area contributed by atoms with Crippen molar-refractivity contribution in [1.29, 1.82) is 0 Å². The average Bonchev–Trinajstić information content (AvgIpc) is 3.65. The monoisotopic (exact) mass is 731 g/mol. The number of carbonyl (C=O) groups is 2. The fraction of sp³-hybridized carbons (Fsp3) is 0.214. The number of pyridine rings is 2. The largest absolute Gasteiger partial charge is 0.455 e. The molecule has 0 aliphatic rings. The predicted octanol–water partition coefficient (Wildman–Crippen LogP) is 6.36. The van der Waals surface area contributed by atoms with Gasteiger partial charge in [0.15, 0.2) is 11.6 Å². The topological polar surface area (TPSA) is 133 Å². The van der Waals surface area contributed by atoms with Crippen molar-refractivity contribution in [3.05, 3.63) is 109 Å². The number of amides is 1. The summed E-state index contributed by atoms with van der Waals surface area (Å²) >= 11 is 18.5. The van der Waals surface area contributed by atoms with E-state index in [0.29, 0.717) is 22.6 Å².